The molecule has 1 saturated heterocycles. The van der Waals surface area contributed by atoms with E-state index in [1.165, 1.54) is 5.56 Å². The van der Waals surface area contributed by atoms with Crippen LogP contribution in [-0.4, -0.2) is 34.9 Å². The van der Waals surface area contributed by atoms with Gasteiger partial charge in [0.05, 0.1) is 5.69 Å². The predicted octanol–water partition coefficient (Wildman–Crippen LogP) is 5.80. The van der Waals surface area contributed by atoms with Crippen LogP contribution in [0.2, 0.25) is 5.02 Å². The molecule has 3 rings (SSSR count). The molecule has 0 saturated carbocycles. The van der Waals surface area contributed by atoms with Gasteiger partial charge in [-0.2, -0.15) is 0 Å². The molecule has 1 heterocycles. The van der Waals surface area contributed by atoms with Crippen molar-refractivity contribution in [3.63, 3.8) is 0 Å². The normalized spacial score (nSPS) is 15.9. The van der Waals surface area contributed by atoms with E-state index in [1.54, 1.807) is 28.8 Å². The van der Waals surface area contributed by atoms with Crippen molar-refractivity contribution in [1.82, 2.24) is 4.90 Å². The van der Waals surface area contributed by atoms with E-state index in [0.29, 0.717) is 23.2 Å². The number of rotatable bonds is 5. The fraction of sp³-hybridized carbons (Fsp3) is 0.364. The summed E-state index contributed by atoms with van der Waals surface area (Å²) in [6.45, 7) is 6.86. The van der Waals surface area contributed by atoms with Crippen LogP contribution >= 0.6 is 23.4 Å². The van der Waals surface area contributed by atoms with Crippen LogP contribution in [0.1, 0.15) is 37.3 Å². The largest absolute Gasteiger partial charge is 0.484 e. The number of hydrogen-bond acceptors (Lipinski definition) is 4. The Morgan fingerprint density at radius 3 is 2.82 bits per heavy atom. The molecule has 2 aromatic rings. The lowest BCUT2D eigenvalue weighted by molar-refractivity contribution is -0.129. The van der Waals surface area contributed by atoms with E-state index in [1.807, 2.05) is 31.2 Å². The summed E-state index contributed by atoms with van der Waals surface area (Å²) in [7, 11) is 0. The van der Waals surface area contributed by atoms with E-state index in [-0.39, 0.29) is 12.5 Å². The van der Waals surface area contributed by atoms with Crippen molar-refractivity contribution in [3.05, 3.63) is 58.6 Å². The molecule has 1 aliphatic heterocycles. The highest BCUT2D eigenvalue weighted by molar-refractivity contribution is 8.13. The van der Waals surface area contributed by atoms with Crippen molar-refractivity contribution in [2.45, 2.75) is 33.1 Å². The third kappa shape index (κ3) is 5.09. The van der Waals surface area contributed by atoms with Gasteiger partial charge in [0.1, 0.15) is 5.75 Å². The Kier molecular flexibility index (Phi) is 7.03. The van der Waals surface area contributed by atoms with Crippen molar-refractivity contribution >= 4 is 40.1 Å². The van der Waals surface area contributed by atoms with Crippen molar-refractivity contribution in [3.8, 4) is 5.75 Å². The summed E-state index contributed by atoms with van der Waals surface area (Å²) in [5.41, 5.74) is 3.03. The Hall–Kier alpha value is -1.98. The molecule has 0 aromatic heterocycles. The summed E-state index contributed by atoms with van der Waals surface area (Å²) in [6.07, 6.45) is 0.946. The summed E-state index contributed by atoms with van der Waals surface area (Å²) in [5, 5.41) is 1.43. The molecule has 1 amide bonds. The van der Waals surface area contributed by atoms with Gasteiger partial charge in [0.25, 0.3) is 5.91 Å². The number of para-hydroxylation sites is 1. The molecular formula is C22H25ClN2O2S. The number of halogens is 1. The zero-order valence-electron chi connectivity index (χ0n) is 16.4. The van der Waals surface area contributed by atoms with Gasteiger partial charge in [-0.05, 0) is 54.7 Å². The van der Waals surface area contributed by atoms with Crippen molar-refractivity contribution in [2.24, 2.45) is 4.99 Å². The zero-order valence-corrected chi connectivity index (χ0v) is 18.0. The van der Waals surface area contributed by atoms with Gasteiger partial charge in [-0.1, -0.05) is 55.4 Å². The maximum Gasteiger partial charge on any atom is 0.266 e. The van der Waals surface area contributed by atoms with E-state index in [2.05, 4.69) is 19.9 Å². The number of hydrogen-bond donors (Lipinski definition) is 0. The summed E-state index contributed by atoms with van der Waals surface area (Å²) in [5.74, 6) is 1.89. The first-order chi connectivity index (χ1) is 13.5. The van der Waals surface area contributed by atoms with E-state index in [9.17, 15) is 4.79 Å². The molecule has 28 heavy (non-hydrogen) atoms. The monoisotopic (exact) mass is 416 g/mol. The topological polar surface area (TPSA) is 41.9 Å². The smallest absolute Gasteiger partial charge is 0.266 e. The number of aliphatic imine (C=N–C) groups is 1. The lowest BCUT2D eigenvalue weighted by Gasteiger charge is -2.28. The first-order valence-electron chi connectivity index (χ1n) is 9.45. The SMILES string of the molecule is Cc1cc(OCC(=O)N2CCCSC2=Nc2ccccc2C(C)C)ccc1Cl. The predicted molar refractivity (Wildman–Crippen MR) is 118 cm³/mol. The number of benzene rings is 2. The third-order valence-corrected chi connectivity index (χ3v) is 6.04. The second-order valence-electron chi connectivity index (χ2n) is 7.05. The Bertz CT molecular complexity index is 883. The van der Waals surface area contributed by atoms with Crippen LogP contribution in [0.3, 0.4) is 0 Å². The van der Waals surface area contributed by atoms with Crippen LogP contribution in [0, 0.1) is 6.92 Å². The van der Waals surface area contributed by atoms with Gasteiger partial charge in [0, 0.05) is 17.3 Å². The van der Waals surface area contributed by atoms with Gasteiger partial charge in [-0.25, -0.2) is 4.99 Å². The van der Waals surface area contributed by atoms with E-state index in [4.69, 9.17) is 21.3 Å². The maximum atomic E-state index is 12.8. The highest BCUT2D eigenvalue weighted by atomic mass is 35.5. The molecular weight excluding hydrogens is 392 g/mol. The van der Waals surface area contributed by atoms with Gasteiger partial charge in [-0.3, -0.25) is 9.69 Å². The quantitative estimate of drug-likeness (QED) is 0.618. The first-order valence-corrected chi connectivity index (χ1v) is 10.8. The first kappa shape index (κ1) is 20.7. The summed E-state index contributed by atoms with van der Waals surface area (Å²) in [6, 6.07) is 13.5. The molecule has 1 aliphatic rings. The van der Waals surface area contributed by atoms with Crippen LogP contribution in [0.15, 0.2) is 47.5 Å². The summed E-state index contributed by atoms with van der Waals surface area (Å²) >= 11 is 7.67. The summed E-state index contributed by atoms with van der Waals surface area (Å²) < 4.78 is 5.70. The minimum absolute atomic E-state index is 0.0213. The molecule has 0 spiro atoms. The average molecular weight is 417 g/mol. The average Bonchev–Trinajstić information content (AvgIpc) is 2.69. The van der Waals surface area contributed by atoms with Crippen LogP contribution in [0.4, 0.5) is 5.69 Å². The Morgan fingerprint density at radius 2 is 2.07 bits per heavy atom. The van der Waals surface area contributed by atoms with Crippen molar-refractivity contribution in [2.75, 3.05) is 18.9 Å². The number of amides is 1. The second kappa shape index (κ2) is 9.48. The molecule has 0 N–H and O–H groups in total. The number of carbonyl (C=O) groups excluding carboxylic acids is 1. The number of nitrogens with zero attached hydrogens (tertiary/aromatic N) is 2. The minimum Gasteiger partial charge on any atom is -0.484 e. The van der Waals surface area contributed by atoms with Crippen molar-refractivity contribution in [1.29, 1.82) is 0 Å². The van der Waals surface area contributed by atoms with Gasteiger partial charge in [-0.15, -0.1) is 0 Å². The molecule has 4 nitrogen and oxygen atoms in total. The molecule has 0 atom stereocenters. The minimum atomic E-state index is -0.0828. The van der Waals surface area contributed by atoms with Gasteiger partial charge >= 0.3 is 0 Å². The molecule has 0 aliphatic carbocycles. The number of amidine groups is 1. The van der Waals surface area contributed by atoms with Crippen LogP contribution in [-0.2, 0) is 4.79 Å². The number of thioether (sulfide) groups is 1. The van der Waals surface area contributed by atoms with Crippen LogP contribution in [0.25, 0.3) is 0 Å². The van der Waals surface area contributed by atoms with E-state index in [0.717, 1.165) is 28.6 Å². The number of ether oxygens (including phenoxy) is 1. The molecule has 0 radical (unpaired) electrons. The highest BCUT2D eigenvalue weighted by Gasteiger charge is 2.24. The van der Waals surface area contributed by atoms with E-state index < -0.39 is 0 Å². The van der Waals surface area contributed by atoms with Crippen LogP contribution < -0.4 is 4.74 Å². The molecule has 148 valence electrons. The van der Waals surface area contributed by atoms with Crippen molar-refractivity contribution < 1.29 is 9.53 Å². The fourth-order valence-corrected chi connectivity index (χ4v) is 4.08. The highest BCUT2D eigenvalue weighted by Crippen LogP contribution is 2.29. The lowest BCUT2D eigenvalue weighted by atomic mass is 10.0. The second-order valence-corrected chi connectivity index (χ2v) is 8.52. The lowest BCUT2D eigenvalue weighted by Crippen LogP contribution is -2.41. The molecule has 1 fully saturated rings. The fourth-order valence-electron chi connectivity index (χ4n) is 2.99. The molecule has 2 aromatic carbocycles. The number of carbonyl (C=O) groups is 1. The van der Waals surface area contributed by atoms with Gasteiger partial charge in [0.2, 0.25) is 0 Å². The van der Waals surface area contributed by atoms with E-state index >= 15 is 0 Å². The maximum absolute atomic E-state index is 12.8. The number of aryl methyl sites for hydroxylation is 1. The van der Waals surface area contributed by atoms with Gasteiger partial charge in [0.15, 0.2) is 11.8 Å². The molecule has 0 unspecified atom stereocenters. The molecule has 6 heteroatoms. The summed E-state index contributed by atoms with van der Waals surface area (Å²) in [4.78, 5) is 19.4. The Morgan fingerprint density at radius 1 is 1.29 bits per heavy atom. The Balaban J connectivity index is 1.75. The zero-order chi connectivity index (χ0) is 20.1. The standard InChI is InChI=1S/C22H25ClN2O2S/c1-15(2)18-7-4-5-8-20(18)24-22-25(11-6-12-28-22)21(26)14-27-17-9-10-19(23)16(3)13-17/h4-5,7-10,13,15H,6,11-12,14H2,1-3H3. The molecule has 0 bridgehead atoms. The van der Waals surface area contributed by atoms with Gasteiger partial charge < -0.3 is 4.74 Å². The third-order valence-electron chi connectivity index (χ3n) is 4.56. The van der Waals surface area contributed by atoms with Crippen LogP contribution in [0.5, 0.6) is 5.75 Å². The Labute approximate surface area is 175 Å².